The minimum atomic E-state index is -2.86. The van der Waals surface area contributed by atoms with E-state index in [1.807, 2.05) is 37.4 Å². The molecular formula is C17H23F2N5OS. The van der Waals surface area contributed by atoms with Gasteiger partial charge in [0.05, 0.1) is 12.2 Å². The highest BCUT2D eigenvalue weighted by Crippen LogP contribution is 2.22. The highest BCUT2D eigenvalue weighted by Gasteiger charge is 2.11. The molecular weight excluding hydrogens is 360 g/mol. The Morgan fingerprint density at radius 3 is 2.65 bits per heavy atom. The van der Waals surface area contributed by atoms with Crippen molar-refractivity contribution in [3.63, 3.8) is 0 Å². The lowest BCUT2D eigenvalue weighted by Gasteiger charge is -2.15. The Morgan fingerprint density at radius 2 is 2.04 bits per heavy atom. The summed E-state index contributed by atoms with van der Waals surface area (Å²) in [5, 5.41) is 9.17. The molecule has 0 bridgehead atoms. The second-order valence-corrected chi connectivity index (χ2v) is 6.62. The van der Waals surface area contributed by atoms with Crippen molar-refractivity contribution in [2.24, 2.45) is 4.99 Å². The lowest BCUT2D eigenvalue weighted by atomic mass is 10.1. The van der Waals surface area contributed by atoms with Crippen LogP contribution in [0.3, 0.4) is 0 Å². The van der Waals surface area contributed by atoms with Crippen LogP contribution in [0.15, 0.2) is 28.6 Å². The molecule has 6 nitrogen and oxygen atoms in total. The fourth-order valence-electron chi connectivity index (χ4n) is 2.21. The van der Waals surface area contributed by atoms with Crippen molar-refractivity contribution in [1.82, 2.24) is 15.6 Å². The molecule has 0 aliphatic heterocycles. The molecule has 0 aliphatic carbocycles. The van der Waals surface area contributed by atoms with E-state index in [9.17, 15) is 8.78 Å². The lowest BCUT2D eigenvalue weighted by Crippen LogP contribution is -2.36. The minimum absolute atomic E-state index is 0.156. The summed E-state index contributed by atoms with van der Waals surface area (Å²) in [5.41, 5.74) is 2.50. The van der Waals surface area contributed by atoms with Gasteiger partial charge in [0.15, 0.2) is 11.1 Å². The van der Waals surface area contributed by atoms with E-state index in [4.69, 9.17) is 0 Å². The van der Waals surface area contributed by atoms with Crippen LogP contribution in [0.2, 0.25) is 0 Å². The molecule has 0 saturated carbocycles. The van der Waals surface area contributed by atoms with E-state index in [1.165, 1.54) is 0 Å². The van der Waals surface area contributed by atoms with Crippen LogP contribution in [0.5, 0.6) is 5.75 Å². The number of aliphatic imine (C=N–C) groups is 1. The Hall–Kier alpha value is -2.42. The number of rotatable bonds is 7. The zero-order valence-corrected chi connectivity index (χ0v) is 16.0. The van der Waals surface area contributed by atoms with Gasteiger partial charge < -0.3 is 20.3 Å². The molecule has 0 aliphatic rings. The summed E-state index contributed by atoms with van der Waals surface area (Å²) in [6.07, 6.45) is 0. The Kier molecular flexibility index (Phi) is 7.14. The molecule has 0 saturated heterocycles. The first-order valence-electron chi connectivity index (χ1n) is 7.99. The van der Waals surface area contributed by atoms with Crippen LogP contribution < -0.4 is 20.3 Å². The maximum Gasteiger partial charge on any atom is 0.387 e. The molecule has 9 heteroatoms. The first-order valence-corrected chi connectivity index (χ1v) is 8.87. The number of nitrogens with zero attached hydrogens (tertiary/aromatic N) is 3. The van der Waals surface area contributed by atoms with Gasteiger partial charge in [-0.05, 0) is 13.0 Å². The molecule has 0 amide bonds. The van der Waals surface area contributed by atoms with E-state index >= 15 is 0 Å². The van der Waals surface area contributed by atoms with E-state index in [-0.39, 0.29) is 5.75 Å². The van der Waals surface area contributed by atoms with Gasteiger partial charge in [-0.3, -0.25) is 4.99 Å². The Labute approximate surface area is 155 Å². The molecule has 0 atom stereocenters. The topological polar surface area (TPSA) is 61.8 Å². The molecule has 1 heterocycles. The molecule has 2 rings (SSSR count). The van der Waals surface area contributed by atoms with Crippen LogP contribution >= 0.6 is 11.3 Å². The third kappa shape index (κ3) is 5.83. The van der Waals surface area contributed by atoms with Crippen molar-refractivity contribution in [2.75, 3.05) is 26.0 Å². The standard InChI is InChI=1S/C17H23F2N5OS/c1-11-5-6-14(25-15(18)19)12(7-11)8-21-16(20-2)22-9-13-10-26-17(23-13)24(3)4/h5-7,10,15H,8-9H2,1-4H3,(H2,20,21,22). The van der Waals surface area contributed by atoms with Gasteiger partial charge in [0, 0.05) is 38.6 Å². The maximum absolute atomic E-state index is 12.5. The van der Waals surface area contributed by atoms with E-state index in [2.05, 4.69) is 25.3 Å². The third-order valence-corrected chi connectivity index (χ3v) is 4.52. The quantitative estimate of drug-likeness (QED) is 0.569. The van der Waals surface area contributed by atoms with Gasteiger partial charge in [-0.15, -0.1) is 11.3 Å². The predicted octanol–water partition coefficient (Wildman–Crippen LogP) is 2.98. The number of anilines is 1. The number of ether oxygens (including phenoxy) is 1. The first-order chi connectivity index (χ1) is 12.4. The van der Waals surface area contributed by atoms with Crippen molar-refractivity contribution in [3.8, 4) is 5.75 Å². The fraction of sp³-hybridized carbons (Fsp3) is 0.412. The van der Waals surface area contributed by atoms with Crippen LogP contribution in [-0.2, 0) is 13.1 Å². The maximum atomic E-state index is 12.5. The second-order valence-electron chi connectivity index (χ2n) is 5.78. The number of benzene rings is 1. The molecule has 0 spiro atoms. The number of halogens is 2. The van der Waals surface area contributed by atoms with Crippen molar-refractivity contribution in [3.05, 3.63) is 40.4 Å². The highest BCUT2D eigenvalue weighted by atomic mass is 32.1. The summed E-state index contributed by atoms with van der Waals surface area (Å²) in [4.78, 5) is 10.6. The number of hydrogen-bond donors (Lipinski definition) is 2. The Morgan fingerprint density at radius 1 is 1.31 bits per heavy atom. The second kappa shape index (κ2) is 9.33. The molecule has 2 aromatic rings. The molecule has 0 radical (unpaired) electrons. The first kappa shape index (κ1) is 19.9. The van der Waals surface area contributed by atoms with Crippen molar-refractivity contribution in [2.45, 2.75) is 26.6 Å². The smallest absolute Gasteiger partial charge is 0.387 e. The van der Waals surface area contributed by atoms with E-state index in [0.29, 0.717) is 24.6 Å². The van der Waals surface area contributed by atoms with Gasteiger partial charge in [0.25, 0.3) is 0 Å². The number of nitrogens with one attached hydrogen (secondary N) is 2. The van der Waals surface area contributed by atoms with Crippen LogP contribution in [0.25, 0.3) is 0 Å². The normalized spacial score (nSPS) is 11.6. The zero-order valence-electron chi connectivity index (χ0n) is 15.2. The van der Waals surface area contributed by atoms with Crippen molar-refractivity contribution >= 4 is 22.4 Å². The molecule has 1 aromatic heterocycles. The van der Waals surface area contributed by atoms with Crippen molar-refractivity contribution in [1.29, 1.82) is 0 Å². The number of hydrogen-bond acceptors (Lipinski definition) is 5. The Bertz CT molecular complexity index is 749. The van der Waals surface area contributed by atoms with Gasteiger partial charge in [-0.25, -0.2) is 4.98 Å². The van der Waals surface area contributed by atoms with Gasteiger partial charge in [-0.1, -0.05) is 17.7 Å². The average molecular weight is 383 g/mol. The minimum Gasteiger partial charge on any atom is -0.434 e. The molecule has 0 fully saturated rings. The van der Waals surface area contributed by atoms with Crippen LogP contribution in [0.4, 0.5) is 13.9 Å². The Balaban J connectivity index is 1.95. The summed E-state index contributed by atoms with van der Waals surface area (Å²) in [6.45, 7) is -0.140. The molecule has 0 unspecified atom stereocenters. The van der Waals surface area contributed by atoms with E-state index < -0.39 is 6.61 Å². The summed E-state index contributed by atoms with van der Waals surface area (Å²) in [6, 6.07) is 5.09. The van der Waals surface area contributed by atoms with E-state index in [1.54, 1.807) is 30.5 Å². The van der Waals surface area contributed by atoms with E-state index in [0.717, 1.165) is 16.4 Å². The number of aromatic nitrogens is 1. The van der Waals surface area contributed by atoms with Gasteiger partial charge in [0.2, 0.25) is 0 Å². The monoisotopic (exact) mass is 383 g/mol. The van der Waals surface area contributed by atoms with Crippen LogP contribution in [-0.4, -0.2) is 38.7 Å². The van der Waals surface area contributed by atoms with Crippen LogP contribution in [0, 0.1) is 6.92 Å². The highest BCUT2D eigenvalue weighted by molar-refractivity contribution is 7.13. The third-order valence-electron chi connectivity index (χ3n) is 3.46. The summed E-state index contributed by atoms with van der Waals surface area (Å²) in [5.74, 6) is 0.706. The number of aryl methyl sites for hydroxylation is 1. The average Bonchev–Trinajstić information content (AvgIpc) is 3.06. The predicted molar refractivity (Wildman–Crippen MR) is 101 cm³/mol. The number of thiazole rings is 1. The molecule has 142 valence electrons. The van der Waals surface area contributed by atoms with Gasteiger partial charge in [-0.2, -0.15) is 8.78 Å². The largest absolute Gasteiger partial charge is 0.434 e. The number of alkyl halides is 2. The molecule has 2 N–H and O–H groups in total. The SMILES string of the molecule is CN=C(NCc1csc(N(C)C)n1)NCc1cc(C)ccc1OC(F)F. The summed E-state index contributed by atoms with van der Waals surface area (Å²) >= 11 is 1.56. The zero-order chi connectivity index (χ0) is 19.1. The number of guanidine groups is 1. The van der Waals surface area contributed by atoms with Crippen molar-refractivity contribution < 1.29 is 13.5 Å². The fourth-order valence-corrected chi connectivity index (χ4v) is 2.97. The summed E-state index contributed by atoms with van der Waals surface area (Å²) < 4.78 is 29.7. The molecule has 1 aromatic carbocycles. The molecule has 26 heavy (non-hydrogen) atoms. The van der Waals surface area contributed by atoms with Crippen LogP contribution in [0.1, 0.15) is 16.8 Å². The lowest BCUT2D eigenvalue weighted by molar-refractivity contribution is -0.0504. The summed E-state index contributed by atoms with van der Waals surface area (Å²) in [7, 11) is 5.53. The van der Waals surface area contributed by atoms with Gasteiger partial charge >= 0.3 is 6.61 Å². The van der Waals surface area contributed by atoms with Gasteiger partial charge in [0.1, 0.15) is 5.75 Å².